The molecule has 0 aliphatic carbocycles. The molecule has 6 nitrogen and oxygen atoms in total. The molecule has 0 bridgehead atoms. The van der Waals surface area contributed by atoms with Crippen molar-refractivity contribution in [3.63, 3.8) is 0 Å². The molecule has 1 saturated heterocycles. The van der Waals surface area contributed by atoms with Crippen molar-refractivity contribution >= 4 is 53.0 Å². The van der Waals surface area contributed by atoms with Gasteiger partial charge in [0, 0.05) is 43.2 Å². The third-order valence-electron chi connectivity index (χ3n) is 4.85. The fraction of sp³-hybridized carbons (Fsp3) is 0.571. The van der Waals surface area contributed by atoms with Crippen LogP contribution in [0.1, 0.15) is 23.6 Å². The van der Waals surface area contributed by atoms with Crippen LogP contribution in [0, 0.1) is 0 Å². The third-order valence-corrected chi connectivity index (χ3v) is 6.44. The smallest absolute Gasteiger partial charge is 0.191 e. The molecule has 0 spiro atoms. The first-order valence-electron chi connectivity index (χ1n) is 10.2. The number of ether oxygens (including phenoxy) is 1. The second-order valence-corrected chi connectivity index (χ2v) is 9.04. The van der Waals surface area contributed by atoms with E-state index in [2.05, 4.69) is 46.2 Å². The van der Waals surface area contributed by atoms with Crippen molar-refractivity contribution in [1.29, 1.82) is 0 Å². The van der Waals surface area contributed by atoms with Crippen molar-refractivity contribution < 1.29 is 9.15 Å². The Morgan fingerprint density at radius 3 is 2.90 bits per heavy atom. The maximum absolute atomic E-state index is 5.75. The fourth-order valence-electron chi connectivity index (χ4n) is 3.38. The van der Waals surface area contributed by atoms with E-state index in [-0.39, 0.29) is 36.1 Å². The van der Waals surface area contributed by atoms with E-state index in [0.717, 1.165) is 63.2 Å². The number of guanidine groups is 1. The van der Waals surface area contributed by atoms with Gasteiger partial charge in [-0.15, -0.1) is 35.3 Å². The van der Waals surface area contributed by atoms with Gasteiger partial charge in [-0.1, -0.05) is 6.07 Å². The zero-order valence-corrected chi connectivity index (χ0v) is 21.7. The van der Waals surface area contributed by atoms with E-state index in [4.69, 9.17) is 14.1 Å². The van der Waals surface area contributed by atoms with Crippen molar-refractivity contribution in [2.75, 3.05) is 51.3 Å². The fourth-order valence-corrected chi connectivity index (χ4v) is 4.54. The summed E-state index contributed by atoms with van der Waals surface area (Å²) in [5.41, 5.74) is 0. The molecule has 1 aliphatic heterocycles. The highest BCUT2D eigenvalue weighted by molar-refractivity contribution is 14.0. The molecule has 2 atom stereocenters. The molecule has 0 saturated carbocycles. The molecule has 2 N–H and O–H groups in total. The lowest BCUT2D eigenvalue weighted by atomic mass is 10.1. The molecule has 3 rings (SSSR count). The predicted molar refractivity (Wildman–Crippen MR) is 139 cm³/mol. The average molecular weight is 565 g/mol. The minimum absolute atomic E-state index is 0. The summed E-state index contributed by atoms with van der Waals surface area (Å²) in [6, 6.07) is 8.56. The van der Waals surface area contributed by atoms with Gasteiger partial charge in [-0.2, -0.15) is 11.8 Å². The van der Waals surface area contributed by atoms with E-state index in [1.165, 1.54) is 4.88 Å². The monoisotopic (exact) mass is 564 g/mol. The number of furan rings is 1. The lowest BCUT2D eigenvalue weighted by Gasteiger charge is -2.36. The number of nitrogens with one attached hydrogen (secondary N) is 2. The van der Waals surface area contributed by atoms with Crippen LogP contribution in [-0.4, -0.2) is 68.3 Å². The molecule has 0 radical (unpaired) electrons. The molecule has 1 fully saturated rings. The highest BCUT2D eigenvalue weighted by atomic mass is 127. The van der Waals surface area contributed by atoms with E-state index in [1.807, 2.05) is 23.9 Å². The first-order chi connectivity index (χ1) is 14.3. The Morgan fingerprint density at radius 2 is 2.20 bits per heavy atom. The molecule has 9 heteroatoms. The Bertz CT molecular complexity index is 713. The van der Waals surface area contributed by atoms with Crippen molar-refractivity contribution in [2.24, 2.45) is 4.99 Å². The minimum Gasteiger partial charge on any atom is -0.469 e. The van der Waals surface area contributed by atoms with Crippen LogP contribution in [0.25, 0.3) is 0 Å². The van der Waals surface area contributed by atoms with Gasteiger partial charge >= 0.3 is 0 Å². The number of rotatable bonds is 10. The van der Waals surface area contributed by atoms with Gasteiger partial charge < -0.3 is 19.8 Å². The molecule has 0 aromatic carbocycles. The van der Waals surface area contributed by atoms with E-state index >= 15 is 0 Å². The summed E-state index contributed by atoms with van der Waals surface area (Å²) in [7, 11) is 0. The van der Waals surface area contributed by atoms with Gasteiger partial charge in [-0.25, -0.2) is 0 Å². The van der Waals surface area contributed by atoms with Crippen LogP contribution in [0.5, 0.6) is 0 Å². The van der Waals surface area contributed by atoms with Gasteiger partial charge in [0.2, 0.25) is 0 Å². The Hall–Kier alpha value is -0.750. The van der Waals surface area contributed by atoms with Gasteiger partial charge in [0.25, 0.3) is 0 Å². The topological polar surface area (TPSA) is 62.0 Å². The van der Waals surface area contributed by atoms with Crippen LogP contribution < -0.4 is 10.6 Å². The van der Waals surface area contributed by atoms with Crippen molar-refractivity contribution in [3.05, 3.63) is 46.5 Å². The molecular formula is C21H33IN4O2S2. The summed E-state index contributed by atoms with van der Waals surface area (Å²) < 4.78 is 11.2. The summed E-state index contributed by atoms with van der Waals surface area (Å²) >= 11 is 3.64. The van der Waals surface area contributed by atoms with Crippen LogP contribution in [0.3, 0.4) is 0 Å². The Balaban J connectivity index is 0.00000320. The van der Waals surface area contributed by atoms with Crippen LogP contribution in [0.2, 0.25) is 0 Å². The van der Waals surface area contributed by atoms with Crippen molar-refractivity contribution in [3.8, 4) is 0 Å². The highest BCUT2D eigenvalue weighted by Gasteiger charge is 2.26. The number of thioether (sulfide) groups is 1. The molecule has 0 amide bonds. The Kier molecular flexibility index (Phi) is 12.2. The number of halogens is 1. The zero-order valence-electron chi connectivity index (χ0n) is 17.7. The molecule has 2 aromatic rings. The van der Waals surface area contributed by atoms with E-state index in [9.17, 15) is 0 Å². The van der Waals surface area contributed by atoms with Gasteiger partial charge in [0.15, 0.2) is 5.96 Å². The second kappa shape index (κ2) is 14.3. The van der Waals surface area contributed by atoms with Crippen LogP contribution >= 0.6 is 47.1 Å². The second-order valence-electron chi connectivity index (χ2n) is 7.07. The SMILES string of the molecule is CSCCNC(=NCC(c1cccs1)N1CCOC(C)C1)NCCc1ccco1.I. The van der Waals surface area contributed by atoms with Crippen molar-refractivity contribution in [2.45, 2.75) is 25.5 Å². The summed E-state index contributed by atoms with van der Waals surface area (Å²) in [4.78, 5) is 8.82. The standard InChI is InChI=1S/C21H32N4O2S2.HI/c1-17-16-25(10-12-26-17)19(20-6-4-13-29-20)15-24-21(23-9-14-28-2)22-8-7-18-5-3-11-27-18;/h3-6,11,13,17,19H,7-10,12,14-16H2,1-2H3,(H2,22,23,24);1H. The van der Waals surface area contributed by atoms with Gasteiger partial charge in [0.1, 0.15) is 5.76 Å². The summed E-state index contributed by atoms with van der Waals surface area (Å²) in [6.45, 7) is 7.23. The maximum Gasteiger partial charge on any atom is 0.191 e. The lowest BCUT2D eigenvalue weighted by molar-refractivity contribution is -0.0327. The van der Waals surface area contributed by atoms with Gasteiger partial charge in [-0.05, 0) is 36.8 Å². The molecule has 30 heavy (non-hydrogen) atoms. The molecule has 168 valence electrons. The molecule has 1 aliphatic rings. The van der Waals surface area contributed by atoms with Crippen molar-refractivity contribution in [1.82, 2.24) is 15.5 Å². The average Bonchev–Trinajstić information content (AvgIpc) is 3.42. The first kappa shape index (κ1) is 25.5. The zero-order chi connectivity index (χ0) is 20.3. The maximum atomic E-state index is 5.75. The normalized spacial score (nSPS) is 18.6. The number of nitrogens with zero attached hydrogens (tertiary/aromatic N) is 2. The number of hydrogen-bond acceptors (Lipinski definition) is 6. The largest absolute Gasteiger partial charge is 0.469 e. The predicted octanol–water partition coefficient (Wildman–Crippen LogP) is 3.86. The third kappa shape index (κ3) is 8.41. The summed E-state index contributed by atoms with van der Waals surface area (Å²) in [5, 5.41) is 9.07. The Morgan fingerprint density at radius 1 is 1.33 bits per heavy atom. The van der Waals surface area contributed by atoms with Crippen LogP contribution in [0.4, 0.5) is 0 Å². The summed E-state index contributed by atoms with van der Waals surface area (Å²) in [6.07, 6.45) is 4.94. The molecule has 2 aromatic heterocycles. The summed E-state index contributed by atoms with van der Waals surface area (Å²) in [5.74, 6) is 2.90. The molecule has 2 unspecified atom stereocenters. The number of aliphatic imine (C=N–C) groups is 1. The van der Waals surface area contributed by atoms with Gasteiger partial charge in [0.05, 0.1) is 31.6 Å². The first-order valence-corrected chi connectivity index (χ1v) is 12.5. The number of hydrogen-bond donors (Lipinski definition) is 2. The van der Waals surface area contributed by atoms with Crippen LogP contribution in [-0.2, 0) is 11.2 Å². The Labute approximate surface area is 205 Å². The van der Waals surface area contributed by atoms with E-state index < -0.39 is 0 Å². The highest BCUT2D eigenvalue weighted by Crippen LogP contribution is 2.27. The van der Waals surface area contributed by atoms with E-state index in [0.29, 0.717) is 0 Å². The number of morpholine rings is 1. The minimum atomic E-state index is 0. The lowest BCUT2D eigenvalue weighted by Crippen LogP contribution is -2.44. The molecular weight excluding hydrogens is 531 g/mol. The quantitative estimate of drug-likeness (QED) is 0.198. The van der Waals surface area contributed by atoms with Crippen LogP contribution in [0.15, 0.2) is 45.3 Å². The van der Waals surface area contributed by atoms with E-state index in [1.54, 1.807) is 17.6 Å². The molecule has 3 heterocycles. The van der Waals surface area contributed by atoms with Gasteiger partial charge in [-0.3, -0.25) is 9.89 Å². The number of thiophene rings is 1.